The second-order valence-corrected chi connectivity index (χ2v) is 6.73. The Morgan fingerprint density at radius 2 is 1.73 bits per heavy atom. The standard InChI is InChI=1S/C17H26N2O3/c1-12-4-2-3-5-14(12)19-7-6-13(9-19)8-18-10-15(20)17(22)16(21)11-18/h2-5,13,15-17,20-22H,6-11H2,1H3/t13-,15-,16+,17+/m1/s1. The summed E-state index contributed by atoms with van der Waals surface area (Å²) in [6.45, 7) is 5.95. The zero-order chi connectivity index (χ0) is 15.7. The minimum atomic E-state index is -1.01. The van der Waals surface area contributed by atoms with Gasteiger partial charge in [0.05, 0.1) is 12.2 Å². The van der Waals surface area contributed by atoms with E-state index in [-0.39, 0.29) is 0 Å². The number of aryl methyl sites for hydroxylation is 1. The summed E-state index contributed by atoms with van der Waals surface area (Å²) in [5, 5.41) is 29.2. The van der Waals surface area contributed by atoms with Crippen molar-refractivity contribution >= 4 is 5.69 Å². The van der Waals surface area contributed by atoms with E-state index in [2.05, 4.69) is 41.0 Å². The third kappa shape index (κ3) is 3.27. The second kappa shape index (κ2) is 6.54. The maximum atomic E-state index is 9.80. The average Bonchev–Trinajstić information content (AvgIpc) is 2.93. The van der Waals surface area contributed by atoms with Crippen LogP contribution in [0.5, 0.6) is 0 Å². The zero-order valence-electron chi connectivity index (χ0n) is 13.1. The Balaban J connectivity index is 1.56. The summed E-state index contributed by atoms with van der Waals surface area (Å²) in [5.74, 6) is 0.536. The van der Waals surface area contributed by atoms with Crippen LogP contribution in [-0.4, -0.2) is 71.3 Å². The molecule has 0 radical (unpaired) electrons. The van der Waals surface area contributed by atoms with E-state index in [1.807, 2.05) is 0 Å². The first-order valence-electron chi connectivity index (χ1n) is 8.11. The lowest BCUT2D eigenvalue weighted by atomic mass is 10.00. The van der Waals surface area contributed by atoms with Crippen LogP contribution >= 0.6 is 0 Å². The summed E-state index contributed by atoms with van der Waals surface area (Å²) in [5.41, 5.74) is 2.61. The van der Waals surface area contributed by atoms with Crippen molar-refractivity contribution in [2.75, 3.05) is 37.6 Å². The normalized spacial score (nSPS) is 33.4. The number of anilines is 1. The molecule has 22 heavy (non-hydrogen) atoms. The number of piperidine rings is 1. The van der Waals surface area contributed by atoms with Gasteiger partial charge in [-0.2, -0.15) is 0 Å². The van der Waals surface area contributed by atoms with Gasteiger partial charge in [-0.3, -0.25) is 4.90 Å². The Morgan fingerprint density at radius 3 is 2.41 bits per heavy atom. The van der Waals surface area contributed by atoms with Gasteiger partial charge >= 0.3 is 0 Å². The molecule has 5 heteroatoms. The van der Waals surface area contributed by atoms with E-state index >= 15 is 0 Å². The van der Waals surface area contributed by atoms with Crippen molar-refractivity contribution in [3.05, 3.63) is 29.8 Å². The average molecular weight is 306 g/mol. The van der Waals surface area contributed by atoms with Crippen LogP contribution in [0.3, 0.4) is 0 Å². The molecule has 122 valence electrons. The van der Waals surface area contributed by atoms with Crippen LogP contribution in [0.4, 0.5) is 5.69 Å². The molecule has 0 aromatic heterocycles. The summed E-state index contributed by atoms with van der Waals surface area (Å²) >= 11 is 0. The summed E-state index contributed by atoms with van der Waals surface area (Å²) in [6.07, 6.45) is -1.59. The number of rotatable bonds is 3. The first-order chi connectivity index (χ1) is 10.5. The lowest BCUT2D eigenvalue weighted by Gasteiger charge is -2.38. The highest BCUT2D eigenvalue weighted by Gasteiger charge is 2.35. The molecule has 0 saturated carbocycles. The van der Waals surface area contributed by atoms with Gasteiger partial charge in [-0.05, 0) is 30.9 Å². The monoisotopic (exact) mass is 306 g/mol. The van der Waals surface area contributed by atoms with Crippen LogP contribution in [0.1, 0.15) is 12.0 Å². The molecule has 0 bridgehead atoms. The molecule has 0 aliphatic carbocycles. The number of benzene rings is 1. The van der Waals surface area contributed by atoms with Crippen molar-refractivity contribution < 1.29 is 15.3 Å². The molecule has 2 heterocycles. The van der Waals surface area contributed by atoms with Crippen LogP contribution in [0.15, 0.2) is 24.3 Å². The summed E-state index contributed by atoms with van der Waals surface area (Å²) < 4.78 is 0. The molecule has 2 fully saturated rings. The lowest BCUT2D eigenvalue weighted by Crippen LogP contribution is -2.56. The highest BCUT2D eigenvalue weighted by molar-refractivity contribution is 5.53. The van der Waals surface area contributed by atoms with Crippen molar-refractivity contribution in [3.8, 4) is 0 Å². The van der Waals surface area contributed by atoms with Crippen LogP contribution < -0.4 is 4.90 Å². The summed E-state index contributed by atoms with van der Waals surface area (Å²) in [7, 11) is 0. The molecule has 5 nitrogen and oxygen atoms in total. The fourth-order valence-electron chi connectivity index (χ4n) is 3.71. The van der Waals surface area contributed by atoms with Gasteiger partial charge in [-0.25, -0.2) is 0 Å². The smallest absolute Gasteiger partial charge is 0.108 e. The number of nitrogens with zero attached hydrogens (tertiary/aromatic N) is 2. The Hall–Kier alpha value is -1.14. The van der Waals surface area contributed by atoms with E-state index in [1.54, 1.807) is 0 Å². The second-order valence-electron chi connectivity index (χ2n) is 6.73. The van der Waals surface area contributed by atoms with Crippen LogP contribution in [-0.2, 0) is 0 Å². The quantitative estimate of drug-likeness (QED) is 0.745. The van der Waals surface area contributed by atoms with Crippen molar-refractivity contribution in [1.82, 2.24) is 4.90 Å². The Labute approximate surface area is 131 Å². The van der Waals surface area contributed by atoms with Crippen LogP contribution in [0, 0.1) is 12.8 Å². The van der Waals surface area contributed by atoms with Gasteiger partial charge in [0.25, 0.3) is 0 Å². The Morgan fingerprint density at radius 1 is 1.05 bits per heavy atom. The molecule has 0 spiro atoms. The maximum Gasteiger partial charge on any atom is 0.108 e. The van der Waals surface area contributed by atoms with Crippen molar-refractivity contribution in [2.24, 2.45) is 5.92 Å². The van der Waals surface area contributed by atoms with Crippen LogP contribution in [0.2, 0.25) is 0 Å². The van der Waals surface area contributed by atoms with E-state index < -0.39 is 18.3 Å². The van der Waals surface area contributed by atoms with E-state index in [9.17, 15) is 15.3 Å². The van der Waals surface area contributed by atoms with Crippen LogP contribution in [0.25, 0.3) is 0 Å². The molecule has 2 aliphatic heterocycles. The molecular weight excluding hydrogens is 280 g/mol. The minimum absolute atomic E-state index is 0.444. The first-order valence-corrected chi connectivity index (χ1v) is 8.11. The Kier molecular flexibility index (Phi) is 4.68. The van der Waals surface area contributed by atoms with Gasteiger partial charge in [-0.15, -0.1) is 0 Å². The maximum absolute atomic E-state index is 9.80. The van der Waals surface area contributed by atoms with E-state index in [0.29, 0.717) is 19.0 Å². The van der Waals surface area contributed by atoms with Gasteiger partial charge in [0, 0.05) is 38.4 Å². The van der Waals surface area contributed by atoms with E-state index in [0.717, 1.165) is 26.1 Å². The third-order valence-corrected chi connectivity index (χ3v) is 4.94. The highest BCUT2D eigenvalue weighted by atomic mass is 16.4. The number of aliphatic hydroxyl groups excluding tert-OH is 3. The van der Waals surface area contributed by atoms with Crippen molar-refractivity contribution in [1.29, 1.82) is 0 Å². The fraction of sp³-hybridized carbons (Fsp3) is 0.647. The molecule has 1 aromatic rings. The molecule has 0 amide bonds. The fourth-order valence-corrected chi connectivity index (χ4v) is 3.71. The Bertz CT molecular complexity index is 498. The highest BCUT2D eigenvalue weighted by Crippen LogP contribution is 2.27. The molecule has 1 aromatic carbocycles. The minimum Gasteiger partial charge on any atom is -0.389 e. The third-order valence-electron chi connectivity index (χ3n) is 4.94. The molecule has 3 N–H and O–H groups in total. The molecule has 4 atom stereocenters. The predicted molar refractivity (Wildman–Crippen MR) is 86.0 cm³/mol. The largest absolute Gasteiger partial charge is 0.389 e. The number of aliphatic hydroxyl groups is 3. The molecule has 0 unspecified atom stereocenters. The van der Waals surface area contributed by atoms with Gasteiger partial charge in [0.1, 0.15) is 6.10 Å². The van der Waals surface area contributed by atoms with Crippen molar-refractivity contribution in [2.45, 2.75) is 31.7 Å². The molecule has 3 rings (SSSR count). The van der Waals surface area contributed by atoms with E-state index in [4.69, 9.17) is 0 Å². The molecule has 2 saturated heterocycles. The number of hydrogen-bond acceptors (Lipinski definition) is 5. The SMILES string of the molecule is Cc1ccccc1N1CC[C@H](CN2C[C@@H](O)[C@H](O)[C@@H](O)C2)C1. The number of likely N-dealkylation sites (tertiary alicyclic amines) is 1. The van der Waals surface area contributed by atoms with Gasteiger partial charge in [-0.1, -0.05) is 18.2 Å². The summed E-state index contributed by atoms with van der Waals surface area (Å²) in [4.78, 5) is 4.50. The number of hydrogen-bond donors (Lipinski definition) is 3. The van der Waals surface area contributed by atoms with E-state index in [1.165, 1.54) is 11.3 Å². The predicted octanol–water partition coefficient (Wildman–Crippen LogP) is 0.220. The molecular formula is C17H26N2O3. The van der Waals surface area contributed by atoms with Gasteiger partial charge in [0.2, 0.25) is 0 Å². The lowest BCUT2D eigenvalue weighted by molar-refractivity contribution is -0.111. The van der Waals surface area contributed by atoms with Crippen molar-refractivity contribution in [3.63, 3.8) is 0 Å². The van der Waals surface area contributed by atoms with Gasteiger partial charge in [0.15, 0.2) is 0 Å². The van der Waals surface area contributed by atoms with Gasteiger partial charge < -0.3 is 20.2 Å². The zero-order valence-corrected chi connectivity index (χ0v) is 13.1. The summed E-state index contributed by atoms with van der Waals surface area (Å²) in [6, 6.07) is 8.45. The first kappa shape index (κ1) is 15.7. The topological polar surface area (TPSA) is 67.2 Å². The molecule has 2 aliphatic rings. The number of β-amino-alcohol motifs (C(OH)–C–C–N with tert-alkyl or cyclic N) is 2. The number of para-hydroxylation sites is 1.